The fraction of sp³-hybridized carbons (Fsp3) is 0.263. The summed E-state index contributed by atoms with van der Waals surface area (Å²) >= 11 is 0. The van der Waals surface area contributed by atoms with E-state index in [1.165, 1.54) is 0 Å². The van der Waals surface area contributed by atoms with E-state index in [0.717, 1.165) is 0 Å². The molecule has 8 heteroatoms. The normalized spacial score (nSPS) is 19.1. The Bertz CT molecular complexity index is 986. The summed E-state index contributed by atoms with van der Waals surface area (Å²) in [7, 11) is 0. The average molecular weight is 366 g/mol. The van der Waals surface area contributed by atoms with Gasteiger partial charge in [-0.05, 0) is 43.5 Å². The molecule has 0 saturated heterocycles. The summed E-state index contributed by atoms with van der Waals surface area (Å²) in [6.07, 6.45) is 3.37. The van der Waals surface area contributed by atoms with Crippen LogP contribution in [0.15, 0.2) is 47.0 Å². The van der Waals surface area contributed by atoms with E-state index in [2.05, 4.69) is 20.6 Å². The van der Waals surface area contributed by atoms with Crippen molar-refractivity contribution in [1.82, 2.24) is 15.3 Å². The third-order valence-electron chi connectivity index (χ3n) is 4.65. The molecule has 1 saturated carbocycles. The Labute approximate surface area is 154 Å². The van der Waals surface area contributed by atoms with Crippen molar-refractivity contribution >= 4 is 28.8 Å². The molecule has 2 aromatic heterocycles. The summed E-state index contributed by atoms with van der Waals surface area (Å²) in [5.41, 5.74) is 2.41. The highest BCUT2D eigenvalue weighted by molar-refractivity contribution is 5.92. The molecule has 3 N–H and O–H groups in total. The van der Waals surface area contributed by atoms with Crippen molar-refractivity contribution in [3.8, 4) is 11.6 Å². The Morgan fingerprint density at radius 3 is 2.81 bits per heavy atom. The number of pyridine rings is 1. The third-order valence-corrected chi connectivity index (χ3v) is 4.65. The molecule has 1 aliphatic rings. The quantitative estimate of drug-likeness (QED) is 0.652. The third kappa shape index (κ3) is 3.74. The van der Waals surface area contributed by atoms with Crippen molar-refractivity contribution in [3.63, 3.8) is 0 Å². The average Bonchev–Trinajstić information content (AvgIpc) is 3.29. The van der Waals surface area contributed by atoms with Gasteiger partial charge in [-0.3, -0.25) is 9.78 Å². The molecule has 2 atom stereocenters. The van der Waals surface area contributed by atoms with E-state index in [9.17, 15) is 9.59 Å². The number of carbonyl (C=O) groups excluding carboxylic acids is 1. The van der Waals surface area contributed by atoms with E-state index in [1.54, 1.807) is 24.4 Å². The molecule has 1 fully saturated rings. The number of amides is 2. The molecule has 3 aromatic rings. The van der Waals surface area contributed by atoms with Gasteiger partial charge >= 0.3 is 12.0 Å². The van der Waals surface area contributed by atoms with Crippen LogP contribution in [0.25, 0.3) is 22.7 Å². The highest BCUT2D eigenvalue weighted by Gasteiger charge is 2.30. The van der Waals surface area contributed by atoms with E-state index in [1.807, 2.05) is 18.2 Å². The van der Waals surface area contributed by atoms with Gasteiger partial charge in [0.15, 0.2) is 5.58 Å². The summed E-state index contributed by atoms with van der Waals surface area (Å²) in [4.78, 5) is 31.8. The van der Waals surface area contributed by atoms with Gasteiger partial charge in [0.05, 0.1) is 5.92 Å². The highest BCUT2D eigenvalue weighted by Crippen LogP contribution is 2.27. The maximum atomic E-state index is 12.2. The lowest BCUT2D eigenvalue weighted by atomic mass is 10.1. The van der Waals surface area contributed by atoms with Gasteiger partial charge in [-0.2, -0.15) is 0 Å². The SMILES string of the molecule is O=C(Nc1ccc2nc(-c3ccccn3)oc2c1)N[C@H]1CC[C@@H](C(=O)O)C1. The molecule has 0 bridgehead atoms. The highest BCUT2D eigenvalue weighted by atomic mass is 16.4. The van der Waals surface area contributed by atoms with Crippen molar-refractivity contribution in [1.29, 1.82) is 0 Å². The first-order chi connectivity index (χ1) is 13.1. The number of hydrogen-bond acceptors (Lipinski definition) is 5. The van der Waals surface area contributed by atoms with Gasteiger partial charge in [0, 0.05) is 24.0 Å². The van der Waals surface area contributed by atoms with Crippen molar-refractivity contribution in [2.75, 3.05) is 5.32 Å². The number of fused-ring (bicyclic) bond motifs is 1. The van der Waals surface area contributed by atoms with Crippen LogP contribution < -0.4 is 10.6 Å². The molecule has 8 nitrogen and oxygen atoms in total. The van der Waals surface area contributed by atoms with E-state index in [-0.39, 0.29) is 18.0 Å². The Kier molecular flexibility index (Phi) is 4.45. The van der Waals surface area contributed by atoms with E-state index < -0.39 is 5.97 Å². The minimum absolute atomic E-state index is 0.129. The van der Waals surface area contributed by atoms with Gasteiger partial charge < -0.3 is 20.2 Å². The van der Waals surface area contributed by atoms with Crippen LogP contribution >= 0.6 is 0 Å². The van der Waals surface area contributed by atoms with Crippen molar-refractivity contribution in [2.24, 2.45) is 5.92 Å². The number of hydrogen-bond donors (Lipinski definition) is 3. The Balaban J connectivity index is 1.43. The van der Waals surface area contributed by atoms with Crippen molar-refractivity contribution in [2.45, 2.75) is 25.3 Å². The number of oxazole rings is 1. The number of anilines is 1. The Hall–Kier alpha value is -3.42. The molecule has 27 heavy (non-hydrogen) atoms. The molecule has 0 unspecified atom stereocenters. The van der Waals surface area contributed by atoms with Gasteiger partial charge in [0.25, 0.3) is 0 Å². The lowest BCUT2D eigenvalue weighted by Gasteiger charge is -2.13. The summed E-state index contributed by atoms with van der Waals surface area (Å²) in [5.74, 6) is -0.775. The van der Waals surface area contributed by atoms with Crippen LogP contribution in [0.5, 0.6) is 0 Å². The maximum absolute atomic E-state index is 12.2. The number of carbonyl (C=O) groups is 2. The second-order valence-electron chi connectivity index (χ2n) is 6.56. The molecular weight excluding hydrogens is 348 g/mol. The van der Waals surface area contributed by atoms with Gasteiger partial charge in [-0.15, -0.1) is 0 Å². The molecule has 1 aliphatic carbocycles. The van der Waals surface area contributed by atoms with E-state index in [4.69, 9.17) is 9.52 Å². The Morgan fingerprint density at radius 2 is 2.07 bits per heavy atom. The molecule has 0 radical (unpaired) electrons. The van der Waals surface area contributed by atoms with Gasteiger partial charge in [-0.25, -0.2) is 9.78 Å². The smallest absolute Gasteiger partial charge is 0.319 e. The molecule has 2 heterocycles. The number of urea groups is 1. The fourth-order valence-electron chi connectivity index (χ4n) is 3.29. The summed E-state index contributed by atoms with van der Waals surface area (Å²) in [6.45, 7) is 0. The van der Waals surface area contributed by atoms with Crippen LogP contribution in [0.4, 0.5) is 10.5 Å². The first kappa shape index (κ1) is 17.0. The second kappa shape index (κ2) is 7.06. The first-order valence-electron chi connectivity index (χ1n) is 8.71. The molecule has 0 spiro atoms. The standard InChI is InChI=1S/C19H18N4O4/c24-18(25)11-4-5-12(9-11)21-19(26)22-13-6-7-14-16(10-13)27-17(23-14)15-3-1-2-8-20-15/h1-3,6-8,10-12H,4-5,9H2,(H,24,25)(H2,21,22,26)/t11-,12+/m1/s1. The summed E-state index contributed by atoms with van der Waals surface area (Å²) < 4.78 is 5.74. The predicted octanol–water partition coefficient (Wildman–Crippen LogP) is 3.26. The fourth-order valence-corrected chi connectivity index (χ4v) is 3.29. The zero-order valence-corrected chi connectivity index (χ0v) is 14.4. The summed E-state index contributed by atoms with van der Waals surface area (Å²) in [5, 5.41) is 14.6. The zero-order chi connectivity index (χ0) is 18.8. The lowest BCUT2D eigenvalue weighted by Crippen LogP contribution is -2.36. The number of nitrogens with one attached hydrogen (secondary N) is 2. The van der Waals surface area contributed by atoms with E-state index in [0.29, 0.717) is 47.6 Å². The molecule has 4 rings (SSSR count). The lowest BCUT2D eigenvalue weighted by molar-refractivity contribution is -0.141. The molecular formula is C19H18N4O4. The van der Waals surface area contributed by atoms with Crippen LogP contribution in [0, 0.1) is 5.92 Å². The molecule has 0 aliphatic heterocycles. The number of nitrogens with zero attached hydrogens (tertiary/aromatic N) is 2. The number of rotatable bonds is 4. The number of aromatic nitrogens is 2. The minimum atomic E-state index is -0.806. The van der Waals surface area contributed by atoms with Crippen LogP contribution in [0.1, 0.15) is 19.3 Å². The monoisotopic (exact) mass is 366 g/mol. The zero-order valence-electron chi connectivity index (χ0n) is 14.4. The Morgan fingerprint density at radius 1 is 1.19 bits per heavy atom. The molecule has 1 aromatic carbocycles. The van der Waals surface area contributed by atoms with Gasteiger partial charge in [0.1, 0.15) is 11.2 Å². The van der Waals surface area contributed by atoms with Crippen LogP contribution in [0.3, 0.4) is 0 Å². The number of carboxylic acid groups (broad SMARTS) is 1. The molecule has 138 valence electrons. The summed E-state index contributed by atoms with van der Waals surface area (Å²) in [6, 6.07) is 10.2. The number of carboxylic acids is 1. The van der Waals surface area contributed by atoms with Crippen molar-refractivity contribution in [3.05, 3.63) is 42.6 Å². The van der Waals surface area contributed by atoms with Crippen LogP contribution in [-0.4, -0.2) is 33.1 Å². The maximum Gasteiger partial charge on any atom is 0.319 e. The molecule has 2 amide bonds. The first-order valence-corrected chi connectivity index (χ1v) is 8.71. The second-order valence-corrected chi connectivity index (χ2v) is 6.56. The topological polar surface area (TPSA) is 117 Å². The van der Waals surface area contributed by atoms with Crippen molar-refractivity contribution < 1.29 is 19.1 Å². The predicted molar refractivity (Wildman–Crippen MR) is 98.2 cm³/mol. The number of aliphatic carboxylic acids is 1. The largest absolute Gasteiger partial charge is 0.481 e. The van der Waals surface area contributed by atoms with Crippen LogP contribution in [0.2, 0.25) is 0 Å². The van der Waals surface area contributed by atoms with Gasteiger partial charge in [0.2, 0.25) is 5.89 Å². The van der Waals surface area contributed by atoms with E-state index >= 15 is 0 Å². The van der Waals surface area contributed by atoms with Gasteiger partial charge in [-0.1, -0.05) is 6.07 Å². The minimum Gasteiger partial charge on any atom is -0.481 e. The number of benzene rings is 1. The van der Waals surface area contributed by atoms with Crippen LogP contribution in [-0.2, 0) is 4.79 Å².